The number of hydrogen-bond donors (Lipinski definition) is 1. The van der Waals surface area contributed by atoms with E-state index in [0.717, 1.165) is 18.2 Å². The third-order valence-corrected chi connectivity index (χ3v) is 3.22. The molecule has 1 aromatic rings. The fraction of sp³-hybridized carbons (Fsp3) is 0.625. The van der Waals surface area contributed by atoms with Crippen LogP contribution < -0.4 is 10.1 Å². The summed E-state index contributed by atoms with van der Waals surface area (Å²) in [7, 11) is 0. The van der Waals surface area contributed by atoms with E-state index < -0.39 is 0 Å². The third-order valence-electron chi connectivity index (χ3n) is 3.22. The lowest BCUT2D eigenvalue weighted by Gasteiger charge is -2.18. The standard InChI is InChI=1S/C16H27NO/c1-6-13(4)11-17-14(5)15-7-9-16(10-8-15)18-12(2)3/h7-10,12-14,17H,6,11H2,1-5H3. The minimum Gasteiger partial charge on any atom is -0.491 e. The number of ether oxygens (including phenoxy) is 1. The lowest BCUT2D eigenvalue weighted by molar-refractivity contribution is 0.242. The molecule has 0 fully saturated rings. The first-order valence-electron chi connectivity index (χ1n) is 7.03. The molecule has 1 rings (SSSR count). The molecule has 0 saturated carbocycles. The minimum atomic E-state index is 0.233. The highest BCUT2D eigenvalue weighted by atomic mass is 16.5. The Labute approximate surface area is 112 Å². The van der Waals surface area contributed by atoms with Crippen molar-refractivity contribution in [2.24, 2.45) is 5.92 Å². The number of benzene rings is 1. The monoisotopic (exact) mass is 249 g/mol. The topological polar surface area (TPSA) is 21.3 Å². The van der Waals surface area contributed by atoms with Gasteiger partial charge in [-0.15, -0.1) is 0 Å². The van der Waals surface area contributed by atoms with Gasteiger partial charge in [-0.3, -0.25) is 0 Å². The van der Waals surface area contributed by atoms with Crippen molar-refractivity contribution in [2.75, 3.05) is 6.54 Å². The maximum absolute atomic E-state index is 5.64. The summed E-state index contributed by atoms with van der Waals surface area (Å²) in [4.78, 5) is 0. The molecule has 0 aliphatic rings. The molecule has 0 radical (unpaired) electrons. The van der Waals surface area contributed by atoms with E-state index in [2.05, 4.69) is 50.4 Å². The zero-order valence-corrected chi connectivity index (χ0v) is 12.4. The van der Waals surface area contributed by atoms with Crippen molar-refractivity contribution in [2.45, 2.75) is 53.2 Å². The van der Waals surface area contributed by atoms with Gasteiger partial charge in [0.15, 0.2) is 0 Å². The first-order valence-corrected chi connectivity index (χ1v) is 7.03. The van der Waals surface area contributed by atoms with Crippen LogP contribution in [0.25, 0.3) is 0 Å². The molecule has 2 heteroatoms. The van der Waals surface area contributed by atoms with Gasteiger partial charge in [0.1, 0.15) is 5.75 Å². The maximum Gasteiger partial charge on any atom is 0.119 e. The van der Waals surface area contributed by atoms with Crippen molar-refractivity contribution in [1.29, 1.82) is 0 Å². The van der Waals surface area contributed by atoms with Crippen molar-refractivity contribution in [3.8, 4) is 5.75 Å². The lowest BCUT2D eigenvalue weighted by Crippen LogP contribution is -2.24. The van der Waals surface area contributed by atoms with Gasteiger partial charge in [-0.1, -0.05) is 32.4 Å². The van der Waals surface area contributed by atoms with Crippen molar-refractivity contribution in [3.05, 3.63) is 29.8 Å². The predicted molar refractivity (Wildman–Crippen MR) is 78.1 cm³/mol. The Hall–Kier alpha value is -1.02. The highest BCUT2D eigenvalue weighted by Crippen LogP contribution is 2.18. The van der Waals surface area contributed by atoms with Crippen LogP contribution in [0.1, 0.15) is 52.6 Å². The van der Waals surface area contributed by atoms with Crippen LogP contribution in [-0.2, 0) is 0 Å². The second-order valence-electron chi connectivity index (χ2n) is 5.38. The molecule has 0 spiro atoms. The second-order valence-corrected chi connectivity index (χ2v) is 5.38. The summed E-state index contributed by atoms with van der Waals surface area (Å²) >= 11 is 0. The van der Waals surface area contributed by atoms with E-state index >= 15 is 0 Å². The summed E-state index contributed by atoms with van der Waals surface area (Å²) in [6.45, 7) is 11.9. The van der Waals surface area contributed by atoms with Gasteiger partial charge in [-0.05, 0) is 50.9 Å². The van der Waals surface area contributed by atoms with Crippen LogP contribution in [0, 0.1) is 5.92 Å². The Morgan fingerprint density at radius 2 is 1.67 bits per heavy atom. The van der Waals surface area contributed by atoms with E-state index in [1.54, 1.807) is 0 Å². The van der Waals surface area contributed by atoms with Crippen molar-refractivity contribution in [1.82, 2.24) is 5.32 Å². The average Bonchev–Trinajstić information content (AvgIpc) is 2.35. The normalized spacial score (nSPS) is 14.6. The summed E-state index contributed by atoms with van der Waals surface area (Å²) in [5.41, 5.74) is 1.31. The Morgan fingerprint density at radius 1 is 1.06 bits per heavy atom. The first kappa shape index (κ1) is 15.0. The molecular weight excluding hydrogens is 222 g/mol. The summed E-state index contributed by atoms with van der Waals surface area (Å²) in [5, 5.41) is 3.57. The zero-order valence-electron chi connectivity index (χ0n) is 12.4. The molecule has 1 aromatic carbocycles. The summed E-state index contributed by atoms with van der Waals surface area (Å²) in [6, 6.07) is 8.79. The van der Waals surface area contributed by atoms with Crippen molar-refractivity contribution >= 4 is 0 Å². The van der Waals surface area contributed by atoms with E-state index in [4.69, 9.17) is 4.74 Å². The molecule has 18 heavy (non-hydrogen) atoms. The smallest absolute Gasteiger partial charge is 0.119 e. The highest BCUT2D eigenvalue weighted by molar-refractivity contribution is 5.29. The number of hydrogen-bond acceptors (Lipinski definition) is 2. The molecule has 0 aliphatic carbocycles. The van der Waals surface area contributed by atoms with E-state index in [-0.39, 0.29) is 6.10 Å². The molecule has 2 nitrogen and oxygen atoms in total. The molecule has 102 valence electrons. The molecule has 0 saturated heterocycles. The number of rotatable bonds is 7. The molecule has 0 heterocycles. The van der Waals surface area contributed by atoms with E-state index in [0.29, 0.717) is 6.04 Å². The number of nitrogens with one attached hydrogen (secondary N) is 1. The van der Waals surface area contributed by atoms with Gasteiger partial charge >= 0.3 is 0 Å². The Morgan fingerprint density at radius 3 is 2.17 bits per heavy atom. The van der Waals surface area contributed by atoms with Crippen LogP contribution in [0.5, 0.6) is 5.75 Å². The molecule has 0 aromatic heterocycles. The second kappa shape index (κ2) is 7.42. The molecule has 0 amide bonds. The summed E-state index contributed by atoms with van der Waals surface area (Å²) in [6.07, 6.45) is 1.46. The SMILES string of the molecule is CCC(C)CNC(C)c1ccc(OC(C)C)cc1. The molecule has 0 bridgehead atoms. The minimum absolute atomic E-state index is 0.233. The average molecular weight is 249 g/mol. The molecule has 2 atom stereocenters. The Bertz CT molecular complexity index is 331. The van der Waals surface area contributed by atoms with Crippen LogP contribution in [0.3, 0.4) is 0 Å². The Kier molecular flexibility index (Phi) is 6.20. The maximum atomic E-state index is 5.64. The zero-order chi connectivity index (χ0) is 13.5. The summed E-state index contributed by atoms with van der Waals surface area (Å²) in [5.74, 6) is 1.68. The van der Waals surface area contributed by atoms with Crippen LogP contribution in [0.15, 0.2) is 24.3 Å². The molecular formula is C16H27NO. The van der Waals surface area contributed by atoms with E-state index in [1.165, 1.54) is 12.0 Å². The van der Waals surface area contributed by atoms with E-state index in [9.17, 15) is 0 Å². The quantitative estimate of drug-likeness (QED) is 0.783. The predicted octanol–water partition coefficient (Wildman–Crippen LogP) is 4.17. The third kappa shape index (κ3) is 5.09. The van der Waals surface area contributed by atoms with Gasteiger partial charge in [0, 0.05) is 6.04 Å². The van der Waals surface area contributed by atoms with Gasteiger partial charge in [0.05, 0.1) is 6.10 Å². The first-order chi connectivity index (χ1) is 8.52. The van der Waals surface area contributed by atoms with Gasteiger partial charge in [0.25, 0.3) is 0 Å². The van der Waals surface area contributed by atoms with Crippen LogP contribution in [-0.4, -0.2) is 12.6 Å². The van der Waals surface area contributed by atoms with Crippen LogP contribution >= 0.6 is 0 Å². The van der Waals surface area contributed by atoms with Crippen LogP contribution in [0.4, 0.5) is 0 Å². The van der Waals surface area contributed by atoms with Crippen LogP contribution in [0.2, 0.25) is 0 Å². The fourth-order valence-electron chi connectivity index (χ4n) is 1.75. The largest absolute Gasteiger partial charge is 0.491 e. The molecule has 2 unspecified atom stereocenters. The summed E-state index contributed by atoms with van der Waals surface area (Å²) < 4.78 is 5.64. The van der Waals surface area contributed by atoms with Gasteiger partial charge < -0.3 is 10.1 Å². The van der Waals surface area contributed by atoms with Crippen molar-refractivity contribution in [3.63, 3.8) is 0 Å². The van der Waals surface area contributed by atoms with Gasteiger partial charge in [-0.2, -0.15) is 0 Å². The van der Waals surface area contributed by atoms with Crippen molar-refractivity contribution < 1.29 is 4.74 Å². The van der Waals surface area contributed by atoms with Gasteiger partial charge in [0.2, 0.25) is 0 Å². The highest BCUT2D eigenvalue weighted by Gasteiger charge is 2.07. The fourth-order valence-corrected chi connectivity index (χ4v) is 1.75. The van der Waals surface area contributed by atoms with E-state index in [1.807, 2.05) is 13.8 Å². The molecule has 0 aliphatic heterocycles. The van der Waals surface area contributed by atoms with Gasteiger partial charge in [-0.25, -0.2) is 0 Å². The lowest BCUT2D eigenvalue weighted by atomic mass is 10.1. The molecule has 1 N–H and O–H groups in total. The Balaban J connectivity index is 2.50.